The normalized spacial score (nSPS) is 10.8. The van der Waals surface area contributed by atoms with Gasteiger partial charge in [0.15, 0.2) is 5.13 Å². The number of nitrogens with zero attached hydrogens (tertiary/aromatic N) is 1. The molecule has 2 aromatic rings. The number of aromatic hydroxyl groups is 1. The molecule has 0 atom stereocenters. The molecule has 1 aromatic heterocycles. The van der Waals surface area contributed by atoms with Gasteiger partial charge in [0.1, 0.15) is 11.3 Å². The first-order valence-electron chi connectivity index (χ1n) is 3.21. The van der Waals surface area contributed by atoms with E-state index in [4.69, 9.17) is 17.3 Å². The van der Waals surface area contributed by atoms with Crippen molar-refractivity contribution in [1.29, 1.82) is 0 Å². The van der Waals surface area contributed by atoms with Crippen molar-refractivity contribution in [1.82, 2.24) is 4.98 Å². The molecule has 2 rings (SSSR count). The minimum absolute atomic E-state index is 0.0745. The maximum atomic E-state index is 9.37. The molecule has 0 aliphatic carbocycles. The van der Waals surface area contributed by atoms with Crippen molar-refractivity contribution in [2.45, 2.75) is 0 Å². The number of thiazole rings is 1. The Morgan fingerprint density at radius 2 is 2.25 bits per heavy atom. The summed E-state index contributed by atoms with van der Waals surface area (Å²) in [6, 6.07) is 3.17. The number of halogens is 1. The minimum atomic E-state index is 0.0745. The third-order valence-corrected chi connectivity index (χ3v) is 2.51. The van der Waals surface area contributed by atoms with E-state index in [1.54, 1.807) is 6.07 Å². The van der Waals surface area contributed by atoms with Crippen LogP contribution in [0.1, 0.15) is 0 Å². The van der Waals surface area contributed by atoms with E-state index in [0.717, 1.165) is 4.70 Å². The van der Waals surface area contributed by atoms with E-state index >= 15 is 0 Å². The molecule has 0 saturated carbocycles. The molecule has 1 heterocycles. The fourth-order valence-electron chi connectivity index (χ4n) is 0.996. The maximum absolute atomic E-state index is 9.37. The van der Waals surface area contributed by atoms with E-state index in [1.807, 2.05) is 0 Å². The molecule has 0 amide bonds. The van der Waals surface area contributed by atoms with Crippen molar-refractivity contribution < 1.29 is 5.11 Å². The van der Waals surface area contributed by atoms with E-state index in [-0.39, 0.29) is 5.75 Å². The Morgan fingerprint density at radius 1 is 1.50 bits per heavy atom. The Balaban J connectivity index is 2.88. The summed E-state index contributed by atoms with van der Waals surface area (Å²) in [7, 11) is 0. The maximum Gasteiger partial charge on any atom is 0.181 e. The summed E-state index contributed by atoms with van der Waals surface area (Å²) in [4.78, 5) is 3.94. The van der Waals surface area contributed by atoms with Gasteiger partial charge in [0.2, 0.25) is 0 Å². The van der Waals surface area contributed by atoms with Crippen LogP contribution in [0.3, 0.4) is 0 Å². The topological polar surface area (TPSA) is 59.1 Å². The van der Waals surface area contributed by atoms with Crippen LogP contribution in [0.15, 0.2) is 12.1 Å². The molecule has 0 fully saturated rings. The number of anilines is 1. The smallest absolute Gasteiger partial charge is 0.181 e. The second kappa shape index (κ2) is 2.50. The van der Waals surface area contributed by atoms with Gasteiger partial charge < -0.3 is 10.8 Å². The van der Waals surface area contributed by atoms with E-state index in [2.05, 4.69) is 4.98 Å². The summed E-state index contributed by atoms with van der Waals surface area (Å²) in [5, 5.41) is 10.3. The van der Waals surface area contributed by atoms with Gasteiger partial charge in [-0.15, -0.1) is 0 Å². The number of phenols is 1. The van der Waals surface area contributed by atoms with Crippen molar-refractivity contribution >= 4 is 38.3 Å². The Labute approximate surface area is 77.4 Å². The number of aromatic nitrogens is 1. The number of fused-ring (bicyclic) bond motifs is 1. The average Bonchev–Trinajstić information content (AvgIpc) is 2.29. The largest absolute Gasteiger partial charge is 0.506 e. The van der Waals surface area contributed by atoms with E-state index < -0.39 is 0 Å². The third kappa shape index (κ3) is 1.09. The van der Waals surface area contributed by atoms with Gasteiger partial charge in [-0.25, -0.2) is 4.98 Å². The number of hydrogen-bond acceptors (Lipinski definition) is 4. The molecule has 0 bridgehead atoms. The molecule has 5 heteroatoms. The van der Waals surface area contributed by atoms with Gasteiger partial charge in [-0.05, 0) is 6.07 Å². The standard InChI is InChI=1S/C7H5ClN2OS/c8-3-1-4(11)6-5(2-3)12-7(9)10-6/h1-2,11H,(H2,9,10). The summed E-state index contributed by atoms with van der Waals surface area (Å²) >= 11 is 7.01. The van der Waals surface area contributed by atoms with E-state index in [1.165, 1.54) is 17.4 Å². The lowest BCUT2D eigenvalue weighted by atomic mass is 10.3. The highest BCUT2D eigenvalue weighted by molar-refractivity contribution is 7.22. The highest BCUT2D eigenvalue weighted by Gasteiger charge is 2.06. The fourth-order valence-corrected chi connectivity index (χ4v) is 2.07. The first-order chi connectivity index (χ1) is 5.66. The lowest BCUT2D eigenvalue weighted by Crippen LogP contribution is -1.79. The summed E-state index contributed by atoms with van der Waals surface area (Å²) in [6.07, 6.45) is 0. The van der Waals surface area contributed by atoms with Crippen molar-refractivity contribution in [2.75, 3.05) is 5.73 Å². The second-order valence-electron chi connectivity index (χ2n) is 2.32. The van der Waals surface area contributed by atoms with Crippen LogP contribution in [0.25, 0.3) is 10.2 Å². The van der Waals surface area contributed by atoms with E-state index in [9.17, 15) is 5.11 Å². The van der Waals surface area contributed by atoms with Gasteiger partial charge in [0.05, 0.1) is 4.70 Å². The molecule has 0 aliphatic heterocycles. The fraction of sp³-hybridized carbons (Fsp3) is 0. The highest BCUT2D eigenvalue weighted by atomic mass is 35.5. The third-order valence-electron chi connectivity index (χ3n) is 1.46. The van der Waals surface area contributed by atoms with Crippen molar-refractivity contribution in [3.8, 4) is 5.75 Å². The summed E-state index contributed by atoms with van der Waals surface area (Å²) in [6.45, 7) is 0. The predicted octanol–water partition coefficient (Wildman–Crippen LogP) is 2.24. The molecule has 62 valence electrons. The van der Waals surface area contributed by atoms with Crippen LogP contribution < -0.4 is 5.73 Å². The SMILES string of the molecule is Nc1nc2c(O)cc(Cl)cc2s1. The lowest BCUT2D eigenvalue weighted by Gasteiger charge is -1.93. The van der Waals surface area contributed by atoms with Crippen LogP contribution in [-0.4, -0.2) is 10.1 Å². The Hall–Kier alpha value is -1.000. The van der Waals surface area contributed by atoms with Crippen molar-refractivity contribution in [2.24, 2.45) is 0 Å². The van der Waals surface area contributed by atoms with Crippen LogP contribution in [0.4, 0.5) is 5.13 Å². The van der Waals surface area contributed by atoms with Gasteiger partial charge in [-0.3, -0.25) is 0 Å². The Kier molecular flexibility index (Phi) is 1.59. The van der Waals surface area contributed by atoms with Crippen molar-refractivity contribution in [3.63, 3.8) is 0 Å². The minimum Gasteiger partial charge on any atom is -0.506 e. The van der Waals surface area contributed by atoms with Crippen LogP contribution in [0.5, 0.6) is 5.75 Å². The molecule has 0 aliphatic rings. The molecular formula is C7H5ClN2OS. The zero-order valence-corrected chi connectivity index (χ0v) is 7.49. The molecule has 0 spiro atoms. The monoisotopic (exact) mass is 200 g/mol. The predicted molar refractivity (Wildman–Crippen MR) is 50.7 cm³/mol. The molecule has 0 unspecified atom stereocenters. The lowest BCUT2D eigenvalue weighted by molar-refractivity contribution is 0.480. The van der Waals surface area contributed by atoms with Crippen LogP contribution in [-0.2, 0) is 0 Å². The van der Waals surface area contributed by atoms with Crippen LogP contribution >= 0.6 is 22.9 Å². The second-order valence-corrected chi connectivity index (χ2v) is 3.82. The highest BCUT2D eigenvalue weighted by Crippen LogP contribution is 2.33. The molecule has 3 nitrogen and oxygen atoms in total. The molecular weight excluding hydrogens is 196 g/mol. The summed E-state index contributed by atoms with van der Waals surface area (Å²) in [5.74, 6) is 0.0745. The van der Waals surface area contributed by atoms with Crippen LogP contribution in [0.2, 0.25) is 5.02 Å². The van der Waals surface area contributed by atoms with Gasteiger partial charge in [0, 0.05) is 11.1 Å². The molecule has 1 aromatic carbocycles. The van der Waals surface area contributed by atoms with Gasteiger partial charge in [0.25, 0.3) is 0 Å². The molecule has 3 N–H and O–H groups in total. The number of nitrogens with two attached hydrogens (primary N) is 1. The Morgan fingerprint density at radius 3 is 3.00 bits per heavy atom. The van der Waals surface area contributed by atoms with E-state index in [0.29, 0.717) is 15.7 Å². The molecule has 0 saturated heterocycles. The van der Waals surface area contributed by atoms with Gasteiger partial charge >= 0.3 is 0 Å². The average molecular weight is 201 g/mol. The summed E-state index contributed by atoms with van der Waals surface area (Å²) in [5.41, 5.74) is 5.98. The first kappa shape index (κ1) is 7.64. The number of nitrogen functional groups attached to an aromatic ring is 1. The summed E-state index contributed by atoms with van der Waals surface area (Å²) < 4.78 is 0.803. The van der Waals surface area contributed by atoms with Gasteiger partial charge in [-0.2, -0.15) is 0 Å². The number of benzene rings is 1. The zero-order chi connectivity index (χ0) is 8.72. The van der Waals surface area contributed by atoms with Gasteiger partial charge in [-0.1, -0.05) is 22.9 Å². The molecule has 12 heavy (non-hydrogen) atoms. The van der Waals surface area contributed by atoms with Crippen molar-refractivity contribution in [3.05, 3.63) is 17.2 Å². The quantitative estimate of drug-likeness (QED) is 0.686. The number of hydrogen-bond donors (Lipinski definition) is 2. The Bertz CT molecular complexity index is 440. The molecule has 0 radical (unpaired) electrons. The number of phenolic OH excluding ortho intramolecular Hbond substituents is 1. The zero-order valence-electron chi connectivity index (χ0n) is 5.91. The number of rotatable bonds is 0. The van der Waals surface area contributed by atoms with Crippen LogP contribution in [0, 0.1) is 0 Å². The first-order valence-corrected chi connectivity index (χ1v) is 4.41.